The fourth-order valence-corrected chi connectivity index (χ4v) is 10.0. The predicted octanol–water partition coefficient (Wildman–Crippen LogP) is 4.09. The standard InChI is InChI=1S/C27H42O5/c1-15-5-10-27(31-14-15)16(2)23-21(32-27)12-20-18-11-22(29)26(30)13-17(28)6-9-25(26,4)19(18)7-8-24(20,23)3/h15-21,23,28,30H,5-14H2,1-4H3/t15-,16+,17+,18-,19?,20?,21+,23+,24+,25-,26+,27-/m1/s1. The number of Topliss-reactive ketones (excluding diaryl/α,β-unsaturated/α-hetero) is 1. The number of hydrogen-bond donors (Lipinski definition) is 2. The number of fused-ring (bicyclic) bond motifs is 7. The molecule has 6 fully saturated rings. The Morgan fingerprint density at radius 3 is 2.53 bits per heavy atom. The molecule has 0 aromatic rings. The molecule has 0 aromatic heterocycles. The number of carbonyl (C=O) groups excluding carboxylic acids is 1. The van der Waals surface area contributed by atoms with Gasteiger partial charge in [0, 0.05) is 30.6 Å². The van der Waals surface area contributed by atoms with Crippen molar-refractivity contribution in [3.05, 3.63) is 0 Å². The molecular weight excluding hydrogens is 404 g/mol. The number of carbonyl (C=O) groups is 1. The molecule has 2 heterocycles. The van der Waals surface area contributed by atoms with Gasteiger partial charge in [0.25, 0.3) is 0 Å². The molecule has 2 unspecified atom stereocenters. The van der Waals surface area contributed by atoms with E-state index in [2.05, 4.69) is 27.7 Å². The maximum absolute atomic E-state index is 13.4. The first-order chi connectivity index (χ1) is 15.0. The van der Waals surface area contributed by atoms with E-state index in [1.807, 2.05) is 0 Å². The summed E-state index contributed by atoms with van der Waals surface area (Å²) in [4.78, 5) is 13.4. The Morgan fingerprint density at radius 2 is 1.81 bits per heavy atom. The van der Waals surface area contributed by atoms with Crippen LogP contribution in [0.2, 0.25) is 0 Å². The van der Waals surface area contributed by atoms with Gasteiger partial charge in [0.2, 0.25) is 0 Å². The molecule has 0 radical (unpaired) electrons. The predicted molar refractivity (Wildman–Crippen MR) is 120 cm³/mol. The first-order valence-corrected chi connectivity index (χ1v) is 13.3. The van der Waals surface area contributed by atoms with E-state index in [1.165, 1.54) is 6.42 Å². The number of aliphatic hydroxyl groups excluding tert-OH is 1. The molecule has 6 aliphatic rings. The molecule has 1 spiro atoms. The first kappa shape index (κ1) is 22.0. The van der Waals surface area contributed by atoms with E-state index < -0.39 is 22.9 Å². The lowest BCUT2D eigenvalue weighted by atomic mass is 9.42. The molecule has 32 heavy (non-hydrogen) atoms. The van der Waals surface area contributed by atoms with Gasteiger partial charge in [-0.3, -0.25) is 4.79 Å². The summed E-state index contributed by atoms with van der Waals surface area (Å²) < 4.78 is 13.2. The summed E-state index contributed by atoms with van der Waals surface area (Å²) in [5.74, 6) is 2.20. The molecule has 2 saturated heterocycles. The number of hydrogen-bond acceptors (Lipinski definition) is 5. The lowest BCUT2D eigenvalue weighted by Crippen LogP contribution is -2.67. The molecule has 5 nitrogen and oxygen atoms in total. The van der Waals surface area contributed by atoms with Gasteiger partial charge in [-0.15, -0.1) is 0 Å². The van der Waals surface area contributed by atoms with Crippen LogP contribution in [0, 0.1) is 46.3 Å². The fourth-order valence-electron chi connectivity index (χ4n) is 10.0. The SMILES string of the molecule is C[C@@H]1CC[C@@]2(OC1)O[C@H]1CC3[C@@H]4CC(=O)[C@@]5(O)C[C@@H](O)CC[C@]5(C)C4CC[C@]3(C)[C@H]1[C@@H]2C. The molecule has 0 amide bonds. The van der Waals surface area contributed by atoms with Gasteiger partial charge in [0.05, 0.1) is 18.8 Å². The average molecular weight is 447 g/mol. The van der Waals surface area contributed by atoms with Crippen LogP contribution in [0.3, 0.4) is 0 Å². The summed E-state index contributed by atoms with van der Waals surface area (Å²) in [7, 11) is 0. The van der Waals surface area contributed by atoms with Gasteiger partial charge in [0.1, 0.15) is 5.60 Å². The molecule has 4 aliphatic carbocycles. The number of aliphatic hydroxyl groups is 2. The Morgan fingerprint density at radius 1 is 1.03 bits per heavy atom. The van der Waals surface area contributed by atoms with Crippen LogP contribution in [-0.4, -0.2) is 46.2 Å². The van der Waals surface area contributed by atoms with E-state index >= 15 is 0 Å². The van der Waals surface area contributed by atoms with Gasteiger partial charge < -0.3 is 19.7 Å². The Bertz CT molecular complexity index is 804. The van der Waals surface area contributed by atoms with Gasteiger partial charge in [-0.05, 0) is 73.5 Å². The zero-order valence-corrected chi connectivity index (χ0v) is 20.3. The van der Waals surface area contributed by atoms with Crippen LogP contribution in [0.25, 0.3) is 0 Å². The Labute approximate surface area is 192 Å². The second kappa shape index (κ2) is 6.80. The van der Waals surface area contributed by atoms with Crippen molar-refractivity contribution in [1.29, 1.82) is 0 Å². The molecule has 180 valence electrons. The Hall–Kier alpha value is -0.490. The summed E-state index contributed by atoms with van der Waals surface area (Å²) in [5.41, 5.74) is -1.60. The van der Waals surface area contributed by atoms with Crippen molar-refractivity contribution in [2.24, 2.45) is 46.3 Å². The second-order valence-electron chi connectivity index (χ2n) is 13.2. The Kier molecular flexibility index (Phi) is 4.68. The largest absolute Gasteiger partial charge is 0.393 e. The van der Waals surface area contributed by atoms with Crippen LogP contribution in [0.1, 0.15) is 85.5 Å². The summed E-state index contributed by atoms with van der Waals surface area (Å²) in [5, 5.41) is 21.8. The molecule has 0 bridgehead atoms. The van der Waals surface area contributed by atoms with Crippen molar-refractivity contribution in [2.75, 3.05) is 6.61 Å². The smallest absolute Gasteiger partial charge is 0.171 e. The second-order valence-corrected chi connectivity index (χ2v) is 13.2. The molecule has 2 N–H and O–H groups in total. The van der Waals surface area contributed by atoms with Crippen molar-refractivity contribution in [3.8, 4) is 0 Å². The fraction of sp³-hybridized carbons (Fsp3) is 0.963. The van der Waals surface area contributed by atoms with E-state index in [0.717, 1.165) is 38.7 Å². The molecule has 6 rings (SSSR count). The molecule has 5 heteroatoms. The highest BCUT2D eigenvalue weighted by atomic mass is 16.7. The van der Waals surface area contributed by atoms with E-state index in [9.17, 15) is 15.0 Å². The van der Waals surface area contributed by atoms with E-state index in [-0.39, 0.29) is 23.7 Å². The zero-order valence-electron chi connectivity index (χ0n) is 20.3. The summed E-state index contributed by atoms with van der Waals surface area (Å²) >= 11 is 0. The molecule has 12 atom stereocenters. The summed E-state index contributed by atoms with van der Waals surface area (Å²) in [6.07, 6.45) is 7.21. The number of rotatable bonds is 0. The summed E-state index contributed by atoms with van der Waals surface area (Å²) in [6.45, 7) is 10.0. The number of ether oxygens (including phenoxy) is 2. The lowest BCUT2D eigenvalue weighted by Gasteiger charge is -2.63. The maximum atomic E-state index is 13.4. The third-order valence-corrected chi connectivity index (χ3v) is 11.9. The van der Waals surface area contributed by atoms with Crippen molar-refractivity contribution in [2.45, 2.75) is 109 Å². The minimum Gasteiger partial charge on any atom is -0.393 e. The van der Waals surface area contributed by atoms with E-state index in [4.69, 9.17) is 9.47 Å². The van der Waals surface area contributed by atoms with Crippen LogP contribution < -0.4 is 0 Å². The van der Waals surface area contributed by atoms with Crippen LogP contribution in [-0.2, 0) is 14.3 Å². The molecule has 4 saturated carbocycles. The highest BCUT2D eigenvalue weighted by molar-refractivity contribution is 5.89. The normalized spacial score (nSPS) is 61.8. The van der Waals surface area contributed by atoms with Crippen molar-refractivity contribution >= 4 is 5.78 Å². The van der Waals surface area contributed by atoms with Gasteiger partial charge in [0.15, 0.2) is 11.6 Å². The van der Waals surface area contributed by atoms with Gasteiger partial charge >= 0.3 is 0 Å². The van der Waals surface area contributed by atoms with E-state index in [1.54, 1.807) is 0 Å². The Balaban J connectivity index is 1.30. The quantitative estimate of drug-likeness (QED) is 0.586. The maximum Gasteiger partial charge on any atom is 0.171 e. The van der Waals surface area contributed by atoms with Crippen LogP contribution in [0.5, 0.6) is 0 Å². The van der Waals surface area contributed by atoms with Gasteiger partial charge in [-0.25, -0.2) is 0 Å². The van der Waals surface area contributed by atoms with Crippen LogP contribution in [0.4, 0.5) is 0 Å². The minimum atomic E-state index is -1.35. The topological polar surface area (TPSA) is 76.0 Å². The lowest BCUT2D eigenvalue weighted by molar-refractivity contribution is -0.273. The average Bonchev–Trinajstić information content (AvgIpc) is 3.18. The van der Waals surface area contributed by atoms with Crippen LogP contribution in [0.15, 0.2) is 0 Å². The van der Waals surface area contributed by atoms with Crippen molar-refractivity contribution in [3.63, 3.8) is 0 Å². The van der Waals surface area contributed by atoms with E-state index in [0.29, 0.717) is 48.3 Å². The highest BCUT2D eigenvalue weighted by Gasteiger charge is 2.72. The van der Waals surface area contributed by atoms with Gasteiger partial charge in [-0.2, -0.15) is 0 Å². The first-order valence-electron chi connectivity index (χ1n) is 13.3. The monoisotopic (exact) mass is 446 g/mol. The van der Waals surface area contributed by atoms with Crippen molar-refractivity contribution in [1.82, 2.24) is 0 Å². The molecule has 0 aromatic carbocycles. The highest BCUT2D eigenvalue weighted by Crippen LogP contribution is 2.71. The zero-order chi connectivity index (χ0) is 22.7. The summed E-state index contributed by atoms with van der Waals surface area (Å²) in [6, 6.07) is 0. The minimum absolute atomic E-state index is 0.0173. The third kappa shape index (κ3) is 2.58. The number of ketones is 1. The molecular formula is C27H42O5. The molecule has 2 aliphatic heterocycles. The van der Waals surface area contributed by atoms with Gasteiger partial charge in [-0.1, -0.05) is 27.7 Å². The van der Waals surface area contributed by atoms with Crippen molar-refractivity contribution < 1.29 is 24.5 Å². The third-order valence-electron chi connectivity index (χ3n) is 11.9. The van der Waals surface area contributed by atoms with Crippen LogP contribution >= 0.6 is 0 Å².